The summed E-state index contributed by atoms with van der Waals surface area (Å²) in [5.74, 6) is -0.577. The number of non-ortho nitro benzene ring substituents is 1. The van der Waals surface area contributed by atoms with Gasteiger partial charge in [0.15, 0.2) is 0 Å². The Bertz CT molecular complexity index is 1210. The van der Waals surface area contributed by atoms with E-state index in [4.69, 9.17) is 0 Å². The third-order valence-electron chi connectivity index (χ3n) is 4.33. The maximum absolute atomic E-state index is 13.1. The summed E-state index contributed by atoms with van der Waals surface area (Å²) in [5, 5.41) is 11.3. The van der Waals surface area contributed by atoms with E-state index < -0.39 is 20.9 Å². The summed E-state index contributed by atoms with van der Waals surface area (Å²) < 4.78 is 34.7. The first-order valence-electron chi connectivity index (χ1n) is 8.56. The van der Waals surface area contributed by atoms with Gasteiger partial charge in [-0.15, -0.1) is 0 Å². The van der Waals surface area contributed by atoms with Gasteiger partial charge in [-0.25, -0.2) is 8.42 Å². The van der Waals surface area contributed by atoms with Crippen molar-refractivity contribution >= 4 is 38.3 Å². The topological polar surface area (TPSA) is 121 Å². The number of nitro groups is 1. The van der Waals surface area contributed by atoms with Crippen molar-refractivity contribution in [2.75, 3.05) is 11.8 Å². The third kappa shape index (κ3) is 4.21. The number of aromatic nitrogens is 1. The van der Waals surface area contributed by atoms with Crippen molar-refractivity contribution in [1.29, 1.82) is 0 Å². The second-order valence-corrected chi connectivity index (χ2v) is 8.29. The predicted octanol–water partition coefficient (Wildman–Crippen LogP) is 3.14. The summed E-state index contributed by atoms with van der Waals surface area (Å²) >= 11 is 0. The van der Waals surface area contributed by atoms with E-state index in [0.29, 0.717) is 11.2 Å². The number of hydrogen-bond donors (Lipinski definition) is 1. The number of anilines is 1. The lowest BCUT2D eigenvalue weighted by atomic mass is 10.1. The van der Waals surface area contributed by atoms with Gasteiger partial charge in [0.1, 0.15) is 11.4 Å². The Kier molecular flexibility index (Phi) is 5.29. The average molecular weight is 417 g/mol. The van der Waals surface area contributed by atoms with Crippen LogP contribution in [0.25, 0.3) is 10.9 Å². The first-order chi connectivity index (χ1) is 13.6. The number of nitrogens with zero attached hydrogens (tertiary/aromatic N) is 2. The lowest BCUT2D eigenvalue weighted by Crippen LogP contribution is -2.13. The Labute approximate surface area is 167 Å². The zero-order valence-corrected chi connectivity index (χ0v) is 16.8. The number of sulfonamides is 1. The van der Waals surface area contributed by atoms with Crippen LogP contribution >= 0.6 is 0 Å². The van der Waals surface area contributed by atoms with Crippen LogP contribution in [0.2, 0.25) is 0 Å². The molecular weight excluding hydrogens is 398 g/mol. The van der Waals surface area contributed by atoms with Gasteiger partial charge in [-0.2, -0.15) is 0 Å². The van der Waals surface area contributed by atoms with E-state index >= 15 is 0 Å². The van der Waals surface area contributed by atoms with Gasteiger partial charge in [0, 0.05) is 29.4 Å². The van der Waals surface area contributed by atoms with Crippen molar-refractivity contribution in [2.45, 2.75) is 25.3 Å². The van der Waals surface area contributed by atoms with E-state index in [1.165, 1.54) is 36.1 Å². The fourth-order valence-electron chi connectivity index (χ4n) is 3.16. The van der Waals surface area contributed by atoms with Crippen LogP contribution in [0.4, 0.5) is 11.4 Å². The highest BCUT2D eigenvalue weighted by Crippen LogP contribution is 2.30. The van der Waals surface area contributed by atoms with Crippen molar-refractivity contribution in [3.8, 4) is 0 Å². The van der Waals surface area contributed by atoms with Gasteiger partial charge in [0.05, 0.1) is 17.5 Å². The number of methoxy groups -OCH3 is 1. The standard InChI is InChI=1S/C19H19N3O6S/c1-12-6-13(2)8-14(7-12)20-29(26,27)18-10-21(11-19(23)28-3)17-5-4-15(22(24)25)9-16(17)18/h4-10,20H,11H2,1-3H3. The molecule has 1 heterocycles. The highest BCUT2D eigenvalue weighted by molar-refractivity contribution is 7.93. The first kappa shape index (κ1) is 20.3. The SMILES string of the molecule is COC(=O)Cn1cc(S(=O)(=O)Nc2cc(C)cc(C)c2)c2cc([N+](=O)[O-])ccc21. The van der Waals surface area contributed by atoms with Crippen LogP contribution in [-0.4, -0.2) is 31.0 Å². The van der Waals surface area contributed by atoms with Gasteiger partial charge >= 0.3 is 5.97 Å². The molecule has 0 radical (unpaired) electrons. The average Bonchev–Trinajstić information content (AvgIpc) is 2.99. The van der Waals surface area contributed by atoms with Gasteiger partial charge in [-0.3, -0.25) is 19.6 Å². The quantitative estimate of drug-likeness (QED) is 0.374. The maximum atomic E-state index is 13.1. The number of esters is 1. The molecule has 0 fully saturated rings. The molecule has 1 aromatic heterocycles. The van der Waals surface area contributed by atoms with Crippen molar-refractivity contribution < 1.29 is 22.9 Å². The Morgan fingerprint density at radius 3 is 2.41 bits per heavy atom. The van der Waals surface area contributed by atoms with E-state index in [9.17, 15) is 23.3 Å². The molecule has 3 aromatic rings. The van der Waals surface area contributed by atoms with Crippen molar-refractivity contribution in [3.63, 3.8) is 0 Å². The van der Waals surface area contributed by atoms with Crippen LogP contribution in [0.3, 0.4) is 0 Å². The highest BCUT2D eigenvalue weighted by Gasteiger charge is 2.24. The molecular formula is C19H19N3O6S. The number of benzene rings is 2. The number of fused-ring (bicyclic) bond motifs is 1. The molecule has 9 nitrogen and oxygen atoms in total. The van der Waals surface area contributed by atoms with Gasteiger partial charge in [0.25, 0.3) is 15.7 Å². The fraction of sp³-hybridized carbons (Fsp3) is 0.211. The molecule has 0 saturated heterocycles. The number of ether oxygens (including phenoxy) is 1. The Hall–Kier alpha value is -3.40. The van der Waals surface area contributed by atoms with Gasteiger partial charge in [-0.1, -0.05) is 6.07 Å². The summed E-state index contributed by atoms with van der Waals surface area (Å²) in [5.41, 5.74) is 2.25. The lowest BCUT2D eigenvalue weighted by Gasteiger charge is -2.09. The second-order valence-electron chi connectivity index (χ2n) is 6.64. The normalized spacial score (nSPS) is 11.4. The summed E-state index contributed by atoms with van der Waals surface area (Å²) in [4.78, 5) is 22.1. The second kappa shape index (κ2) is 7.55. The molecule has 152 valence electrons. The van der Waals surface area contributed by atoms with E-state index in [1.54, 1.807) is 12.1 Å². The molecule has 0 saturated carbocycles. The monoisotopic (exact) mass is 417 g/mol. The molecule has 0 unspecified atom stereocenters. The number of nitro benzene ring substituents is 1. The molecule has 3 rings (SSSR count). The van der Waals surface area contributed by atoms with Crippen LogP contribution in [0.1, 0.15) is 11.1 Å². The summed E-state index contributed by atoms with van der Waals surface area (Å²) in [7, 11) is -2.86. The van der Waals surface area contributed by atoms with E-state index in [0.717, 1.165) is 11.1 Å². The minimum Gasteiger partial charge on any atom is -0.468 e. The lowest BCUT2D eigenvalue weighted by molar-refractivity contribution is -0.384. The van der Waals surface area contributed by atoms with Crippen molar-refractivity contribution in [1.82, 2.24) is 4.57 Å². The van der Waals surface area contributed by atoms with Crippen molar-refractivity contribution in [3.05, 3.63) is 63.8 Å². The van der Waals surface area contributed by atoms with E-state index in [-0.39, 0.29) is 22.5 Å². The zero-order valence-electron chi connectivity index (χ0n) is 16.0. The van der Waals surface area contributed by atoms with Crippen LogP contribution in [0.15, 0.2) is 47.5 Å². The maximum Gasteiger partial charge on any atom is 0.325 e. The van der Waals surface area contributed by atoms with Crippen LogP contribution < -0.4 is 4.72 Å². The molecule has 0 amide bonds. The van der Waals surface area contributed by atoms with E-state index in [1.807, 2.05) is 19.9 Å². The number of hydrogen-bond acceptors (Lipinski definition) is 6. The Balaban J connectivity index is 2.16. The summed E-state index contributed by atoms with van der Waals surface area (Å²) in [6.45, 7) is 3.46. The Morgan fingerprint density at radius 1 is 1.17 bits per heavy atom. The Morgan fingerprint density at radius 2 is 1.83 bits per heavy atom. The molecule has 1 N–H and O–H groups in total. The van der Waals surface area contributed by atoms with Gasteiger partial charge in [0.2, 0.25) is 0 Å². The van der Waals surface area contributed by atoms with Crippen LogP contribution in [-0.2, 0) is 26.1 Å². The third-order valence-corrected chi connectivity index (χ3v) is 5.74. The molecule has 0 spiro atoms. The minimum atomic E-state index is -4.08. The molecule has 0 bridgehead atoms. The molecule has 0 aliphatic rings. The summed E-state index contributed by atoms with van der Waals surface area (Å²) in [6.07, 6.45) is 1.27. The number of aryl methyl sites for hydroxylation is 2. The van der Waals surface area contributed by atoms with E-state index in [2.05, 4.69) is 9.46 Å². The minimum absolute atomic E-state index is 0.139. The molecule has 0 aliphatic heterocycles. The van der Waals surface area contributed by atoms with Crippen molar-refractivity contribution in [2.24, 2.45) is 0 Å². The van der Waals surface area contributed by atoms with Crippen LogP contribution in [0, 0.1) is 24.0 Å². The largest absolute Gasteiger partial charge is 0.468 e. The number of rotatable bonds is 6. The fourth-order valence-corrected chi connectivity index (χ4v) is 4.42. The molecule has 10 heteroatoms. The smallest absolute Gasteiger partial charge is 0.325 e. The zero-order chi connectivity index (χ0) is 21.3. The molecule has 2 aromatic carbocycles. The number of nitrogens with one attached hydrogen (secondary N) is 1. The van der Waals surface area contributed by atoms with Gasteiger partial charge in [-0.05, 0) is 43.2 Å². The van der Waals surface area contributed by atoms with Crippen LogP contribution in [0.5, 0.6) is 0 Å². The first-order valence-corrected chi connectivity index (χ1v) is 10.0. The summed E-state index contributed by atoms with van der Waals surface area (Å²) in [6, 6.07) is 9.11. The predicted molar refractivity (Wildman–Crippen MR) is 107 cm³/mol. The number of carbonyl (C=O) groups is 1. The molecule has 29 heavy (non-hydrogen) atoms. The van der Waals surface area contributed by atoms with Gasteiger partial charge < -0.3 is 9.30 Å². The molecule has 0 atom stereocenters. The number of carbonyl (C=O) groups excluding carboxylic acids is 1. The highest BCUT2D eigenvalue weighted by atomic mass is 32.2. The molecule has 0 aliphatic carbocycles.